The maximum atomic E-state index is 10.5. The molecule has 0 aromatic rings. The fourth-order valence-corrected chi connectivity index (χ4v) is 1.21. The zero-order valence-electron chi connectivity index (χ0n) is 8.46. The summed E-state index contributed by atoms with van der Waals surface area (Å²) in [6.07, 6.45) is 8.94. The Morgan fingerprint density at radius 1 is 1.31 bits per heavy atom. The van der Waals surface area contributed by atoms with Crippen molar-refractivity contribution in [3.63, 3.8) is 0 Å². The van der Waals surface area contributed by atoms with Crippen molar-refractivity contribution < 1.29 is 9.90 Å². The van der Waals surface area contributed by atoms with Crippen LogP contribution in [-0.2, 0) is 4.79 Å². The number of carbonyl (C=O) groups excluding carboxylic acids is 1. The molecule has 0 radical (unpaired) electrons. The molecular formula is C11H20O2. The molecule has 0 amide bonds. The van der Waals surface area contributed by atoms with E-state index in [2.05, 4.69) is 6.92 Å². The molecule has 1 N–H and O–H groups in total. The number of unbranched alkanes of at least 4 members (excludes halogenated alkanes) is 3. The van der Waals surface area contributed by atoms with Crippen molar-refractivity contribution >= 4 is 6.29 Å². The lowest BCUT2D eigenvalue weighted by Crippen LogP contribution is -1.88. The Morgan fingerprint density at radius 2 is 2.08 bits per heavy atom. The number of carbonyl (C=O) groups is 1. The Balaban J connectivity index is 3.53. The summed E-state index contributed by atoms with van der Waals surface area (Å²) < 4.78 is 0. The Morgan fingerprint density at radius 3 is 2.62 bits per heavy atom. The van der Waals surface area contributed by atoms with Crippen LogP contribution in [0.15, 0.2) is 11.6 Å². The van der Waals surface area contributed by atoms with Crippen molar-refractivity contribution in [3.05, 3.63) is 11.6 Å². The van der Waals surface area contributed by atoms with Gasteiger partial charge in [0.1, 0.15) is 6.29 Å². The summed E-state index contributed by atoms with van der Waals surface area (Å²) in [4.78, 5) is 10.5. The maximum absolute atomic E-state index is 10.5. The maximum Gasteiger partial charge on any atom is 0.145 e. The zero-order chi connectivity index (χ0) is 9.94. The molecule has 2 nitrogen and oxygen atoms in total. The number of hydrogen-bond donors (Lipinski definition) is 1. The molecule has 0 saturated carbocycles. The minimum Gasteiger partial charge on any atom is -0.396 e. The van der Waals surface area contributed by atoms with E-state index in [1.165, 1.54) is 19.3 Å². The number of rotatable bonds is 8. The van der Waals surface area contributed by atoms with E-state index in [0.29, 0.717) is 6.42 Å². The summed E-state index contributed by atoms with van der Waals surface area (Å²) in [7, 11) is 0. The summed E-state index contributed by atoms with van der Waals surface area (Å²) >= 11 is 0. The van der Waals surface area contributed by atoms with Crippen molar-refractivity contribution in [3.8, 4) is 0 Å². The molecule has 0 unspecified atom stereocenters. The van der Waals surface area contributed by atoms with Gasteiger partial charge in [0.05, 0.1) is 0 Å². The normalized spacial score (nSPS) is 11.7. The second-order valence-corrected chi connectivity index (χ2v) is 3.22. The van der Waals surface area contributed by atoms with Crippen LogP contribution < -0.4 is 0 Å². The van der Waals surface area contributed by atoms with Crippen LogP contribution in [0.25, 0.3) is 0 Å². The van der Waals surface area contributed by atoms with Crippen LogP contribution in [0.2, 0.25) is 0 Å². The fraction of sp³-hybridized carbons (Fsp3) is 0.727. The standard InChI is InChI=1S/C11H20O2/c1-2-3-4-5-7-11(10-13)8-6-9-12/h8,10,12H,2-7,9H2,1H3/b11-8+. The summed E-state index contributed by atoms with van der Waals surface area (Å²) in [5.41, 5.74) is 0.838. The van der Waals surface area contributed by atoms with Crippen molar-refractivity contribution in [1.82, 2.24) is 0 Å². The Hall–Kier alpha value is -0.630. The van der Waals surface area contributed by atoms with E-state index in [1.54, 1.807) is 0 Å². The highest BCUT2D eigenvalue weighted by Crippen LogP contribution is 2.08. The topological polar surface area (TPSA) is 37.3 Å². The molecular weight excluding hydrogens is 164 g/mol. The second kappa shape index (κ2) is 9.46. The average Bonchev–Trinajstić information content (AvgIpc) is 2.17. The lowest BCUT2D eigenvalue weighted by atomic mass is 10.1. The largest absolute Gasteiger partial charge is 0.396 e. The number of hydrogen-bond acceptors (Lipinski definition) is 2. The summed E-state index contributed by atoms with van der Waals surface area (Å²) in [5.74, 6) is 0. The first kappa shape index (κ1) is 12.4. The van der Waals surface area contributed by atoms with Crippen LogP contribution in [-0.4, -0.2) is 18.0 Å². The van der Waals surface area contributed by atoms with Crippen LogP contribution >= 0.6 is 0 Å². The van der Waals surface area contributed by atoms with E-state index < -0.39 is 0 Å². The third kappa shape index (κ3) is 7.72. The number of aliphatic hydroxyl groups excluding tert-OH is 1. The number of aliphatic hydroxyl groups is 1. The van der Waals surface area contributed by atoms with Gasteiger partial charge < -0.3 is 5.11 Å². The van der Waals surface area contributed by atoms with E-state index in [-0.39, 0.29) is 6.61 Å². The van der Waals surface area contributed by atoms with Gasteiger partial charge >= 0.3 is 0 Å². The van der Waals surface area contributed by atoms with Crippen molar-refractivity contribution in [2.45, 2.75) is 45.4 Å². The van der Waals surface area contributed by atoms with E-state index >= 15 is 0 Å². The van der Waals surface area contributed by atoms with E-state index in [0.717, 1.165) is 24.7 Å². The lowest BCUT2D eigenvalue weighted by molar-refractivity contribution is -0.105. The zero-order valence-corrected chi connectivity index (χ0v) is 8.46. The quantitative estimate of drug-likeness (QED) is 0.357. The summed E-state index contributed by atoms with van der Waals surface area (Å²) in [6.45, 7) is 2.30. The third-order valence-electron chi connectivity index (χ3n) is 2.01. The first-order valence-corrected chi connectivity index (χ1v) is 5.10. The molecule has 0 atom stereocenters. The van der Waals surface area contributed by atoms with E-state index in [9.17, 15) is 4.79 Å². The molecule has 76 valence electrons. The molecule has 0 heterocycles. The molecule has 0 aromatic carbocycles. The van der Waals surface area contributed by atoms with Crippen molar-refractivity contribution in [1.29, 1.82) is 0 Å². The molecule has 0 spiro atoms. The highest BCUT2D eigenvalue weighted by Gasteiger charge is 1.94. The van der Waals surface area contributed by atoms with Crippen LogP contribution in [0.3, 0.4) is 0 Å². The first-order valence-electron chi connectivity index (χ1n) is 5.10. The Kier molecular flexibility index (Phi) is 9.00. The van der Waals surface area contributed by atoms with Gasteiger partial charge in [0.2, 0.25) is 0 Å². The number of allylic oxidation sites excluding steroid dienone is 1. The third-order valence-corrected chi connectivity index (χ3v) is 2.01. The lowest BCUT2D eigenvalue weighted by Gasteiger charge is -1.99. The average molecular weight is 184 g/mol. The fourth-order valence-electron chi connectivity index (χ4n) is 1.21. The monoisotopic (exact) mass is 184 g/mol. The van der Waals surface area contributed by atoms with Gasteiger partial charge in [0.15, 0.2) is 0 Å². The molecule has 0 bridgehead atoms. The Labute approximate surface area is 80.7 Å². The molecule has 0 aliphatic heterocycles. The van der Waals surface area contributed by atoms with Crippen LogP contribution in [0, 0.1) is 0 Å². The van der Waals surface area contributed by atoms with Gasteiger partial charge in [-0.3, -0.25) is 4.79 Å². The van der Waals surface area contributed by atoms with E-state index in [1.807, 2.05) is 6.08 Å². The van der Waals surface area contributed by atoms with Crippen molar-refractivity contribution in [2.24, 2.45) is 0 Å². The molecule has 2 heteroatoms. The predicted octanol–water partition coefficient (Wildman–Crippen LogP) is 2.46. The highest BCUT2D eigenvalue weighted by molar-refractivity contribution is 5.72. The van der Waals surface area contributed by atoms with Gasteiger partial charge in [-0.25, -0.2) is 0 Å². The molecule has 0 rings (SSSR count). The highest BCUT2D eigenvalue weighted by atomic mass is 16.2. The molecule has 13 heavy (non-hydrogen) atoms. The van der Waals surface area contributed by atoms with Gasteiger partial charge in [-0.1, -0.05) is 32.3 Å². The Bertz CT molecular complexity index is 150. The van der Waals surface area contributed by atoms with Crippen molar-refractivity contribution in [2.75, 3.05) is 6.61 Å². The predicted molar refractivity (Wildman–Crippen MR) is 54.6 cm³/mol. The SMILES string of the molecule is CCCCCC/C(C=O)=C\CCO. The summed E-state index contributed by atoms with van der Waals surface area (Å²) in [6, 6.07) is 0. The molecule has 0 aromatic heterocycles. The van der Waals surface area contributed by atoms with Crippen LogP contribution in [0.5, 0.6) is 0 Å². The van der Waals surface area contributed by atoms with Gasteiger partial charge in [-0.05, 0) is 24.8 Å². The van der Waals surface area contributed by atoms with Crippen LogP contribution in [0.1, 0.15) is 45.4 Å². The first-order chi connectivity index (χ1) is 6.35. The van der Waals surface area contributed by atoms with Gasteiger partial charge in [-0.2, -0.15) is 0 Å². The number of aldehydes is 1. The van der Waals surface area contributed by atoms with Gasteiger partial charge in [-0.15, -0.1) is 0 Å². The molecule has 0 aliphatic carbocycles. The van der Waals surface area contributed by atoms with Crippen LogP contribution in [0.4, 0.5) is 0 Å². The van der Waals surface area contributed by atoms with Gasteiger partial charge in [0.25, 0.3) is 0 Å². The second-order valence-electron chi connectivity index (χ2n) is 3.22. The summed E-state index contributed by atoms with van der Waals surface area (Å²) in [5, 5.41) is 8.56. The molecule has 0 fully saturated rings. The smallest absolute Gasteiger partial charge is 0.145 e. The van der Waals surface area contributed by atoms with E-state index in [4.69, 9.17) is 5.11 Å². The minimum absolute atomic E-state index is 0.131. The molecule has 0 saturated heterocycles. The van der Waals surface area contributed by atoms with Gasteiger partial charge in [0, 0.05) is 6.61 Å². The molecule has 0 aliphatic rings. The minimum atomic E-state index is 0.131.